The Morgan fingerprint density at radius 2 is 2.42 bits per heavy atom. The Bertz CT molecular complexity index is 226. The maximum absolute atomic E-state index is 10.8. The van der Waals surface area contributed by atoms with Gasteiger partial charge in [-0.3, -0.25) is 4.79 Å². The third kappa shape index (κ3) is 1.97. The van der Waals surface area contributed by atoms with Crippen LogP contribution in [0.5, 0.6) is 0 Å². The maximum atomic E-state index is 10.8. The van der Waals surface area contributed by atoms with E-state index in [-0.39, 0.29) is 5.92 Å². The largest absolute Gasteiger partial charge is 0.481 e. The molecule has 1 N–H and O–H groups in total. The Kier molecular flexibility index (Phi) is 3.09. The molecule has 0 bridgehead atoms. The molecule has 0 saturated carbocycles. The van der Waals surface area contributed by atoms with Crippen LogP contribution < -0.4 is 0 Å². The fourth-order valence-corrected chi connectivity index (χ4v) is 1.44. The molecule has 0 aromatic carbocycles. The number of aliphatic carboxylic acids is 1. The maximum Gasteiger partial charge on any atom is 0.310 e. The van der Waals surface area contributed by atoms with Crippen molar-refractivity contribution in [1.29, 1.82) is 0 Å². The number of hydrogen-bond donors (Lipinski definition) is 1. The number of hydrogen-bond acceptors (Lipinski definition) is 1. The number of carboxylic acid groups (broad SMARTS) is 1. The molecular weight excluding hydrogens is 152 g/mol. The van der Waals surface area contributed by atoms with E-state index in [1.54, 1.807) is 0 Å². The van der Waals surface area contributed by atoms with E-state index in [0.29, 0.717) is 6.42 Å². The van der Waals surface area contributed by atoms with Crippen molar-refractivity contribution in [2.45, 2.75) is 26.2 Å². The van der Waals surface area contributed by atoms with Crippen molar-refractivity contribution in [3.8, 4) is 0 Å². The van der Waals surface area contributed by atoms with Crippen molar-refractivity contribution in [2.75, 3.05) is 0 Å². The van der Waals surface area contributed by atoms with Crippen molar-refractivity contribution < 1.29 is 9.90 Å². The van der Waals surface area contributed by atoms with E-state index >= 15 is 0 Å². The van der Waals surface area contributed by atoms with Gasteiger partial charge in [-0.1, -0.05) is 25.2 Å². The quantitative estimate of drug-likeness (QED) is 0.698. The zero-order chi connectivity index (χ0) is 8.97. The second kappa shape index (κ2) is 4.10. The Labute approximate surface area is 72.6 Å². The molecule has 1 atom stereocenters. The minimum Gasteiger partial charge on any atom is -0.481 e. The van der Waals surface area contributed by atoms with Crippen molar-refractivity contribution in [3.63, 3.8) is 0 Å². The third-order valence-corrected chi connectivity index (χ3v) is 2.13. The van der Waals surface area contributed by atoms with Crippen molar-refractivity contribution >= 4 is 5.97 Å². The van der Waals surface area contributed by atoms with E-state index in [1.165, 1.54) is 0 Å². The minimum atomic E-state index is -0.713. The average Bonchev–Trinajstić information content (AvgIpc) is 2.07. The number of allylic oxidation sites excluding steroid dienone is 3. The molecule has 0 fully saturated rings. The fraction of sp³-hybridized carbons (Fsp3) is 0.500. The van der Waals surface area contributed by atoms with Gasteiger partial charge in [0, 0.05) is 0 Å². The Morgan fingerprint density at radius 1 is 1.67 bits per heavy atom. The van der Waals surface area contributed by atoms with E-state index in [9.17, 15) is 4.79 Å². The van der Waals surface area contributed by atoms with Crippen LogP contribution in [-0.4, -0.2) is 11.1 Å². The Morgan fingerprint density at radius 3 is 2.83 bits per heavy atom. The molecule has 0 amide bonds. The van der Waals surface area contributed by atoms with Crippen molar-refractivity contribution in [1.82, 2.24) is 0 Å². The Balaban J connectivity index is 2.71. The van der Waals surface area contributed by atoms with Crippen LogP contribution in [0.2, 0.25) is 0 Å². The van der Waals surface area contributed by atoms with Gasteiger partial charge in [-0.15, -0.1) is 0 Å². The molecule has 0 radical (unpaired) electrons. The number of carbonyl (C=O) groups is 1. The first kappa shape index (κ1) is 9.04. The molecule has 12 heavy (non-hydrogen) atoms. The zero-order valence-electron chi connectivity index (χ0n) is 7.29. The predicted octanol–water partition coefficient (Wildman–Crippen LogP) is 2.37. The summed E-state index contributed by atoms with van der Waals surface area (Å²) < 4.78 is 0. The number of carboxylic acids is 1. The summed E-state index contributed by atoms with van der Waals surface area (Å²) in [5.74, 6) is -1.02. The van der Waals surface area contributed by atoms with Crippen LogP contribution in [0, 0.1) is 5.92 Å². The lowest BCUT2D eigenvalue weighted by Crippen LogP contribution is -2.14. The standard InChI is InChI=1S/C10H14O2/c1-2-9(10(11)12)8-6-4-3-5-7-8/h4,6-7,9H,2-3,5H2,1H3,(H,11,12)/t9-/m0/s1. The summed E-state index contributed by atoms with van der Waals surface area (Å²) in [4.78, 5) is 10.8. The van der Waals surface area contributed by atoms with Gasteiger partial charge in [0.25, 0.3) is 0 Å². The van der Waals surface area contributed by atoms with Crippen LogP contribution in [0.15, 0.2) is 23.8 Å². The summed E-state index contributed by atoms with van der Waals surface area (Å²) in [6.07, 6.45) is 8.70. The van der Waals surface area contributed by atoms with Gasteiger partial charge in [0.1, 0.15) is 0 Å². The van der Waals surface area contributed by atoms with Crippen molar-refractivity contribution in [2.24, 2.45) is 5.92 Å². The smallest absolute Gasteiger partial charge is 0.310 e. The fourth-order valence-electron chi connectivity index (χ4n) is 1.44. The molecule has 1 aliphatic carbocycles. The van der Waals surface area contributed by atoms with Gasteiger partial charge in [-0.05, 0) is 24.8 Å². The first-order valence-corrected chi connectivity index (χ1v) is 4.35. The lowest BCUT2D eigenvalue weighted by molar-refractivity contribution is -0.140. The highest BCUT2D eigenvalue weighted by atomic mass is 16.4. The predicted molar refractivity (Wildman–Crippen MR) is 47.9 cm³/mol. The first-order valence-electron chi connectivity index (χ1n) is 4.35. The second-order valence-electron chi connectivity index (χ2n) is 2.98. The summed E-state index contributed by atoms with van der Waals surface area (Å²) >= 11 is 0. The average molecular weight is 166 g/mol. The molecule has 1 rings (SSSR count). The molecule has 0 unspecified atom stereocenters. The van der Waals surface area contributed by atoms with E-state index < -0.39 is 5.97 Å². The van der Waals surface area contributed by atoms with Gasteiger partial charge < -0.3 is 5.11 Å². The van der Waals surface area contributed by atoms with E-state index in [2.05, 4.69) is 0 Å². The van der Waals surface area contributed by atoms with Crippen LogP contribution in [0.1, 0.15) is 26.2 Å². The molecular formula is C10H14O2. The van der Waals surface area contributed by atoms with E-state index in [1.807, 2.05) is 25.2 Å². The van der Waals surface area contributed by atoms with Gasteiger partial charge in [-0.25, -0.2) is 0 Å². The summed E-state index contributed by atoms with van der Waals surface area (Å²) in [7, 11) is 0. The monoisotopic (exact) mass is 166 g/mol. The summed E-state index contributed by atoms with van der Waals surface area (Å²) in [5, 5.41) is 8.85. The van der Waals surface area contributed by atoms with E-state index in [0.717, 1.165) is 18.4 Å². The summed E-state index contributed by atoms with van der Waals surface area (Å²) in [6.45, 7) is 1.90. The summed E-state index contributed by atoms with van der Waals surface area (Å²) in [6, 6.07) is 0. The van der Waals surface area contributed by atoms with Crippen LogP contribution in [0.4, 0.5) is 0 Å². The van der Waals surface area contributed by atoms with Crippen LogP contribution in [0.3, 0.4) is 0 Å². The van der Waals surface area contributed by atoms with Crippen LogP contribution in [-0.2, 0) is 4.79 Å². The molecule has 2 nitrogen and oxygen atoms in total. The van der Waals surface area contributed by atoms with E-state index in [4.69, 9.17) is 5.11 Å². The lowest BCUT2D eigenvalue weighted by atomic mass is 9.92. The van der Waals surface area contributed by atoms with Crippen LogP contribution >= 0.6 is 0 Å². The molecule has 0 aromatic rings. The topological polar surface area (TPSA) is 37.3 Å². The molecule has 2 heteroatoms. The minimum absolute atomic E-state index is 0.304. The normalized spacial score (nSPS) is 18.6. The SMILES string of the molecule is CC[C@H](C(=O)O)C1=CCCC=C1. The molecule has 0 heterocycles. The zero-order valence-corrected chi connectivity index (χ0v) is 7.29. The van der Waals surface area contributed by atoms with Gasteiger partial charge in [-0.2, -0.15) is 0 Å². The van der Waals surface area contributed by atoms with Crippen LogP contribution in [0.25, 0.3) is 0 Å². The molecule has 1 aliphatic rings. The molecule has 66 valence electrons. The van der Waals surface area contributed by atoms with Gasteiger partial charge in [0.2, 0.25) is 0 Å². The van der Waals surface area contributed by atoms with Gasteiger partial charge >= 0.3 is 5.97 Å². The van der Waals surface area contributed by atoms with Gasteiger partial charge in [0.05, 0.1) is 5.92 Å². The van der Waals surface area contributed by atoms with Gasteiger partial charge in [0.15, 0.2) is 0 Å². The molecule has 0 spiro atoms. The summed E-state index contributed by atoms with van der Waals surface area (Å²) in [5.41, 5.74) is 0.969. The molecule has 0 aliphatic heterocycles. The molecule has 0 saturated heterocycles. The second-order valence-corrected chi connectivity index (χ2v) is 2.98. The number of rotatable bonds is 3. The first-order chi connectivity index (χ1) is 5.75. The lowest BCUT2D eigenvalue weighted by Gasteiger charge is -2.13. The highest BCUT2D eigenvalue weighted by molar-refractivity contribution is 5.74. The van der Waals surface area contributed by atoms with Crippen molar-refractivity contribution in [3.05, 3.63) is 23.8 Å². The third-order valence-electron chi connectivity index (χ3n) is 2.13. The molecule has 0 aromatic heterocycles. The highest BCUT2D eigenvalue weighted by Gasteiger charge is 2.18. The Hall–Kier alpha value is -1.05. The highest BCUT2D eigenvalue weighted by Crippen LogP contribution is 2.21.